The van der Waals surface area contributed by atoms with Gasteiger partial charge in [-0.25, -0.2) is 4.79 Å². The van der Waals surface area contributed by atoms with Gasteiger partial charge in [-0.2, -0.15) is 0 Å². The molecule has 1 aromatic heterocycles. The molecule has 2 aromatic rings. The van der Waals surface area contributed by atoms with Gasteiger partial charge in [-0.15, -0.1) is 0 Å². The van der Waals surface area contributed by atoms with Crippen molar-refractivity contribution in [3.63, 3.8) is 0 Å². The van der Waals surface area contributed by atoms with E-state index in [9.17, 15) is 9.90 Å². The lowest BCUT2D eigenvalue weighted by molar-refractivity contribution is 0.0637. The molecule has 6 nitrogen and oxygen atoms in total. The maximum absolute atomic E-state index is 11.1. The molecule has 6 heteroatoms. The van der Waals surface area contributed by atoms with Crippen LogP contribution < -0.4 is 16.8 Å². The second-order valence-corrected chi connectivity index (χ2v) is 5.05. The Bertz CT molecular complexity index is 628. The zero-order valence-electron chi connectivity index (χ0n) is 11.1. The van der Waals surface area contributed by atoms with Crippen LogP contribution in [0.2, 0.25) is 0 Å². The zero-order chi connectivity index (χ0) is 14.0. The molecule has 19 heavy (non-hydrogen) atoms. The molecule has 104 valence electrons. The molecule has 5 N–H and O–H groups in total. The molecule has 0 spiro atoms. The molecular weight excluding hydrogens is 246 g/mol. The Morgan fingerprint density at radius 2 is 2.26 bits per heavy atom. The predicted molar refractivity (Wildman–Crippen MR) is 75.3 cm³/mol. The Morgan fingerprint density at radius 3 is 2.95 bits per heavy atom. The van der Waals surface area contributed by atoms with E-state index < -0.39 is 11.4 Å². The first-order chi connectivity index (χ1) is 8.91. The quantitative estimate of drug-likeness (QED) is 0.615. The number of rotatable bonds is 5. The smallest absolute Gasteiger partial charge is 0.408 e. The van der Waals surface area contributed by atoms with Gasteiger partial charge in [0.1, 0.15) is 0 Å². The summed E-state index contributed by atoms with van der Waals surface area (Å²) in [7, 11) is 0. The maximum Gasteiger partial charge on any atom is 0.417 e. The number of benzene rings is 1. The van der Waals surface area contributed by atoms with Crippen molar-refractivity contribution < 1.29 is 9.52 Å². The van der Waals surface area contributed by atoms with Crippen LogP contribution in [0.5, 0.6) is 0 Å². The molecule has 0 aliphatic rings. The van der Waals surface area contributed by atoms with Crippen molar-refractivity contribution in [2.24, 2.45) is 0 Å². The molecule has 0 saturated carbocycles. The Labute approximate surface area is 110 Å². The van der Waals surface area contributed by atoms with E-state index in [1.54, 1.807) is 19.1 Å². The maximum atomic E-state index is 11.1. The molecule has 1 atom stereocenters. The topological polar surface area (TPSA) is 104 Å². The molecule has 1 unspecified atom stereocenters. The summed E-state index contributed by atoms with van der Waals surface area (Å²) in [5, 5.41) is 13.2. The first-order valence-electron chi connectivity index (χ1n) is 6.30. The fraction of sp³-hybridized carbons (Fsp3) is 0.462. The molecule has 0 radical (unpaired) electrons. The van der Waals surface area contributed by atoms with Crippen molar-refractivity contribution in [1.82, 2.24) is 4.98 Å². The number of aliphatic hydroxyl groups is 1. The van der Waals surface area contributed by atoms with Gasteiger partial charge >= 0.3 is 5.76 Å². The first kappa shape index (κ1) is 13.5. The van der Waals surface area contributed by atoms with Gasteiger partial charge in [0, 0.05) is 12.6 Å². The van der Waals surface area contributed by atoms with Crippen LogP contribution in [0.25, 0.3) is 11.1 Å². The summed E-state index contributed by atoms with van der Waals surface area (Å²) in [6.45, 7) is 4.18. The summed E-state index contributed by atoms with van der Waals surface area (Å²) in [5.41, 5.74) is 7.23. The van der Waals surface area contributed by atoms with Gasteiger partial charge in [-0.3, -0.25) is 4.98 Å². The Kier molecular flexibility index (Phi) is 3.53. The number of hydrogen-bond acceptors (Lipinski definition) is 5. The number of aromatic amines is 1. The highest BCUT2D eigenvalue weighted by molar-refractivity contribution is 5.85. The summed E-state index contributed by atoms with van der Waals surface area (Å²) < 4.78 is 4.92. The molecule has 1 heterocycles. The van der Waals surface area contributed by atoms with E-state index >= 15 is 0 Å². The van der Waals surface area contributed by atoms with Crippen molar-refractivity contribution in [2.75, 3.05) is 17.6 Å². The van der Waals surface area contributed by atoms with Gasteiger partial charge in [-0.05, 0) is 19.4 Å². The molecule has 0 aliphatic carbocycles. The number of fused-ring (bicyclic) bond motifs is 1. The van der Waals surface area contributed by atoms with Crippen molar-refractivity contribution >= 4 is 22.5 Å². The molecular formula is C13H19N3O3. The van der Waals surface area contributed by atoms with Crippen LogP contribution >= 0.6 is 0 Å². The Morgan fingerprint density at radius 1 is 1.53 bits per heavy atom. The van der Waals surface area contributed by atoms with Gasteiger partial charge in [0.05, 0.1) is 22.5 Å². The lowest BCUT2D eigenvalue weighted by Crippen LogP contribution is -2.33. The highest BCUT2D eigenvalue weighted by Gasteiger charge is 2.19. The summed E-state index contributed by atoms with van der Waals surface area (Å²) in [5.74, 6) is -0.510. The van der Waals surface area contributed by atoms with Crippen molar-refractivity contribution in [3.05, 3.63) is 22.7 Å². The average molecular weight is 265 g/mol. The molecule has 0 saturated heterocycles. The van der Waals surface area contributed by atoms with E-state index in [1.165, 1.54) is 0 Å². The largest absolute Gasteiger partial charge is 0.417 e. The summed E-state index contributed by atoms with van der Waals surface area (Å²) >= 11 is 0. The van der Waals surface area contributed by atoms with Crippen LogP contribution in [0.4, 0.5) is 11.4 Å². The number of nitrogens with two attached hydrogens (primary N) is 1. The van der Waals surface area contributed by atoms with Crippen molar-refractivity contribution in [2.45, 2.75) is 32.3 Å². The van der Waals surface area contributed by atoms with Crippen molar-refractivity contribution in [1.29, 1.82) is 0 Å². The van der Waals surface area contributed by atoms with E-state index in [2.05, 4.69) is 10.3 Å². The Hall–Kier alpha value is -1.95. The molecule has 0 fully saturated rings. The number of aromatic nitrogens is 1. The minimum atomic E-state index is -0.792. The average Bonchev–Trinajstić information content (AvgIpc) is 2.65. The first-order valence-corrected chi connectivity index (χ1v) is 6.30. The van der Waals surface area contributed by atoms with E-state index in [1.807, 2.05) is 6.92 Å². The summed E-state index contributed by atoms with van der Waals surface area (Å²) in [6, 6.07) is 3.29. The predicted octanol–water partition coefficient (Wildman–Crippen LogP) is 1.67. The molecule has 2 rings (SSSR count). The highest BCUT2D eigenvalue weighted by atomic mass is 16.4. The highest BCUT2D eigenvalue weighted by Crippen LogP contribution is 2.25. The standard InChI is InChI=1S/C13H19N3O3/c1-3-4-13(2,18)7-15-9-6-10-11(5-8(9)14)19-12(17)16-10/h5-6,15,18H,3-4,7,14H2,1-2H3,(H,16,17). The number of anilines is 2. The third-order valence-electron chi connectivity index (χ3n) is 3.04. The van der Waals surface area contributed by atoms with Crippen LogP contribution in [-0.2, 0) is 0 Å². The lowest BCUT2D eigenvalue weighted by atomic mass is 10.0. The SMILES string of the molecule is CCCC(C)(O)CNc1cc2[nH]c(=O)oc2cc1N. The molecule has 0 bridgehead atoms. The third-order valence-corrected chi connectivity index (χ3v) is 3.04. The number of oxazole rings is 1. The fourth-order valence-electron chi connectivity index (χ4n) is 2.08. The minimum Gasteiger partial charge on any atom is -0.408 e. The van der Waals surface area contributed by atoms with Crippen LogP contribution in [0.15, 0.2) is 21.3 Å². The number of nitrogen functional groups attached to an aromatic ring is 1. The van der Waals surface area contributed by atoms with E-state index in [4.69, 9.17) is 10.2 Å². The second-order valence-electron chi connectivity index (χ2n) is 5.05. The number of H-pyrrole nitrogens is 1. The van der Waals surface area contributed by atoms with Gasteiger partial charge < -0.3 is 20.6 Å². The lowest BCUT2D eigenvalue weighted by Gasteiger charge is -2.24. The Balaban J connectivity index is 2.20. The summed E-state index contributed by atoms with van der Waals surface area (Å²) in [6.07, 6.45) is 1.60. The van der Waals surface area contributed by atoms with Gasteiger partial charge in [0.15, 0.2) is 5.58 Å². The van der Waals surface area contributed by atoms with Gasteiger partial charge in [0.2, 0.25) is 0 Å². The molecule has 1 aromatic carbocycles. The van der Waals surface area contributed by atoms with Crippen LogP contribution in [-0.4, -0.2) is 22.2 Å². The van der Waals surface area contributed by atoms with Crippen LogP contribution in [0.3, 0.4) is 0 Å². The molecule has 0 aliphatic heterocycles. The third kappa shape index (κ3) is 3.08. The number of hydrogen-bond donors (Lipinski definition) is 4. The van der Waals surface area contributed by atoms with Crippen LogP contribution in [0, 0.1) is 0 Å². The summed E-state index contributed by atoms with van der Waals surface area (Å²) in [4.78, 5) is 13.7. The van der Waals surface area contributed by atoms with E-state index in [-0.39, 0.29) is 0 Å². The number of nitrogens with one attached hydrogen (secondary N) is 2. The van der Waals surface area contributed by atoms with E-state index in [0.29, 0.717) is 35.4 Å². The normalized spacial score (nSPS) is 14.5. The van der Waals surface area contributed by atoms with Crippen LogP contribution in [0.1, 0.15) is 26.7 Å². The second kappa shape index (κ2) is 4.97. The monoisotopic (exact) mass is 265 g/mol. The molecule has 0 amide bonds. The van der Waals surface area contributed by atoms with Gasteiger partial charge in [-0.1, -0.05) is 13.3 Å². The van der Waals surface area contributed by atoms with Gasteiger partial charge in [0.25, 0.3) is 0 Å². The fourth-order valence-corrected chi connectivity index (χ4v) is 2.08. The van der Waals surface area contributed by atoms with E-state index in [0.717, 1.165) is 6.42 Å². The zero-order valence-corrected chi connectivity index (χ0v) is 11.1. The van der Waals surface area contributed by atoms with Crippen molar-refractivity contribution in [3.8, 4) is 0 Å². The minimum absolute atomic E-state index is 0.388.